The van der Waals surface area contributed by atoms with E-state index in [1.807, 2.05) is 6.07 Å². The molecule has 0 radical (unpaired) electrons. The first-order valence-electron chi connectivity index (χ1n) is 7.09. The lowest BCUT2D eigenvalue weighted by Gasteiger charge is -2.35. The van der Waals surface area contributed by atoms with Crippen molar-refractivity contribution >= 4 is 33.0 Å². The molecule has 3 nitrogen and oxygen atoms in total. The van der Waals surface area contributed by atoms with Gasteiger partial charge >= 0.3 is 0 Å². The fourth-order valence-electron chi connectivity index (χ4n) is 2.88. The maximum absolute atomic E-state index is 12.7. The minimum absolute atomic E-state index is 0.132. The Kier molecular flexibility index (Phi) is 5.51. The minimum Gasteiger partial charge on any atom is -0.206 e. The highest BCUT2D eigenvalue weighted by molar-refractivity contribution is 7.91. The zero-order chi connectivity index (χ0) is 14.8. The number of halogens is 1. The number of alkyl halides is 1. The molecule has 0 aliphatic heterocycles. The van der Waals surface area contributed by atoms with Crippen molar-refractivity contribution in [3.63, 3.8) is 0 Å². The van der Waals surface area contributed by atoms with Gasteiger partial charge in [0.15, 0.2) is 0 Å². The van der Waals surface area contributed by atoms with Crippen molar-refractivity contribution in [2.75, 3.05) is 12.9 Å². The van der Waals surface area contributed by atoms with Crippen LogP contribution in [0, 0.1) is 5.92 Å². The number of hydrogen-bond donors (Lipinski definition) is 0. The molecule has 20 heavy (non-hydrogen) atoms. The molecule has 1 aromatic heterocycles. The van der Waals surface area contributed by atoms with Gasteiger partial charge in [-0.1, -0.05) is 19.8 Å². The summed E-state index contributed by atoms with van der Waals surface area (Å²) < 4.78 is 27.4. The fraction of sp³-hybridized carbons (Fsp3) is 0.714. The van der Waals surface area contributed by atoms with E-state index in [2.05, 4.69) is 6.92 Å². The molecule has 2 atom stereocenters. The molecule has 0 bridgehead atoms. The van der Waals surface area contributed by atoms with Crippen LogP contribution >= 0.6 is 22.9 Å². The zero-order valence-electron chi connectivity index (χ0n) is 12.0. The Morgan fingerprint density at radius 3 is 2.70 bits per heavy atom. The van der Waals surface area contributed by atoms with Crippen LogP contribution in [0.3, 0.4) is 0 Å². The first kappa shape index (κ1) is 16.3. The number of thiophene rings is 1. The number of hydrogen-bond acceptors (Lipinski definition) is 3. The molecular weight excluding hydrogens is 314 g/mol. The van der Waals surface area contributed by atoms with Gasteiger partial charge in [-0.15, -0.1) is 22.9 Å². The molecule has 0 aromatic carbocycles. The molecule has 0 saturated heterocycles. The van der Waals surface area contributed by atoms with Crippen LogP contribution in [-0.4, -0.2) is 31.7 Å². The van der Waals surface area contributed by atoms with Crippen molar-refractivity contribution in [3.05, 3.63) is 17.0 Å². The van der Waals surface area contributed by atoms with Crippen molar-refractivity contribution in [2.45, 2.75) is 49.3 Å². The SMILES string of the molecule is CC1CCCCC1N(C)S(=O)(=O)c1ccc(CCCl)s1. The predicted molar refractivity (Wildman–Crippen MR) is 85.1 cm³/mol. The zero-order valence-corrected chi connectivity index (χ0v) is 14.4. The second-order valence-corrected chi connectivity index (χ2v) is 9.28. The lowest BCUT2D eigenvalue weighted by molar-refractivity contribution is 0.213. The van der Waals surface area contributed by atoms with Crippen LogP contribution in [0.15, 0.2) is 16.3 Å². The van der Waals surface area contributed by atoms with Gasteiger partial charge < -0.3 is 0 Å². The number of sulfonamides is 1. The Bertz CT molecular complexity index is 541. The second kappa shape index (κ2) is 6.77. The fourth-order valence-corrected chi connectivity index (χ4v) is 6.22. The molecule has 0 N–H and O–H groups in total. The highest BCUT2D eigenvalue weighted by Crippen LogP contribution is 2.32. The summed E-state index contributed by atoms with van der Waals surface area (Å²) >= 11 is 7.05. The maximum atomic E-state index is 12.7. The molecule has 1 fully saturated rings. The minimum atomic E-state index is -3.36. The largest absolute Gasteiger partial charge is 0.252 e. The summed E-state index contributed by atoms with van der Waals surface area (Å²) in [5, 5.41) is 0. The van der Waals surface area contributed by atoms with Crippen molar-refractivity contribution in [1.82, 2.24) is 4.31 Å². The number of rotatable bonds is 5. The van der Waals surface area contributed by atoms with E-state index in [9.17, 15) is 8.42 Å². The summed E-state index contributed by atoms with van der Waals surface area (Å²) in [5.41, 5.74) is 0. The van der Waals surface area contributed by atoms with Crippen LogP contribution in [0.4, 0.5) is 0 Å². The summed E-state index contributed by atoms with van der Waals surface area (Å²) in [7, 11) is -1.64. The van der Waals surface area contributed by atoms with E-state index in [0.717, 1.165) is 30.6 Å². The third-order valence-electron chi connectivity index (χ3n) is 4.14. The lowest BCUT2D eigenvalue weighted by Crippen LogP contribution is -2.42. The van der Waals surface area contributed by atoms with Crippen molar-refractivity contribution < 1.29 is 8.42 Å². The van der Waals surface area contributed by atoms with Crippen LogP contribution in [0.1, 0.15) is 37.5 Å². The summed E-state index contributed by atoms with van der Waals surface area (Å²) in [6, 6.07) is 3.72. The topological polar surface area (TPSA) is 37.4 Å². The van der Waals surface area contributed by atoms with Gasteiger partial charge in [-0.3, -0.25) is 0 Å². The van der Waals surface area contributed by atoms with Crippen LogP contribution in [0.2, 0.25) is 0 Å². The molecule has 1 heterocycles. The van der Waals surface area contributed by atoms with E-state index in [1.165, 1.54) is 17.8 Å². The molecule has 1 saturated carbocycles. The van der Waals surface area contributed by atoms with Crippen LogP contribution in [-0.2, 0) is 16.4 Å². The average molecular weight is 336 g/mol. The lowest BCUT2D eigenvalue weighted by atomic mass is 9.86. The molecule has 0 spiro atoms. The van der Waals surface area contributed by atoms with E-state index in [0.29, 0.717) is 16.0 Å². The first-order valence-corrected chi connectivity index (χ1v) is 9.88. The molecule has 1 aromatic rings. The van der Waals surface area contributed by atoms with Crippen molar-refractivity contribution in [3.8, 4) is 0 Å². The average Bonchev–Trinajstić information content (AvgIpc) is 2.88. The number of nitrogens with zero attached hydrogens (tertiary/aromatic N) is 1. The molecule has 114 valence electrons. The summed E-state index contributed by atoms with van der Waals surface area (Å²) in [6.45, 7) is 2.16. The predicted octanol–water partition coefficient (Wildman–Crippen LogP) is 3.73. The third-order valence-corrected chi connectivity index (χ3v) is 7.83. The highest BCUT2D eigenvalue weighted by Gasteiger charge is 2.33. The monoisotopic (exact) mass is 335 g/mol. The molecular formula is C14H22ClNO2S2. The molecule has 1 aliphatic carbocycles. The maximum Gasteiger partial charge on any atom is 0.252 e. The smallest absolute Gasteiger partial charge is 0.206 e. The van der Waals surface area contributed by atoms with Crippen LogP contribution in [0.25, 0.3) is 0 Å². The van der Waals surface area contributed by atoms with Gasteiger partial charge in [0.05, 0.1) is 0 Å². The Hall–Kier alpha value is -0.100. The van der Waals surface area contributed by atoms with Gasteiger partial charge in [0, 0.05) is 23.8 Å². The summed E-state index contributed by atoms with van der Waals surface area (Å²) in [6.07, 6.45) is 5.15. The van der Waals surface area contributed by atoms with E-state index < -0.39 is 10.0 Å². The quantitative estimate of drug-likeness (QED) is 0.769. The Balaban J connectivity index is 2.19. The van der Waals surface area contributed by atoms with Crippen LogP contribution in [0.5, 0.6) is 0 Å². The van der Waals surface area contributed by atoms with Gasteiger partial charge in [0.2, 0.25) is 0 Å². The first-order chi connectivity index (χ1) is 9.46. The normalized spacial score (nSPS) is 24.2. The second-order valence-electron chi connectivity index (χ2n) is 5.51. The summed E-state index contributed by atoms with van der Waals surface area (Å²) in [4.78, 5) is 1.03. The Morgan fingerprint density at radius 2 is 2.05 bits per heavy atom. The Labute approximate surface area is 131 Å². The van der Waals surface area contributed by atoms with E-state index in [4.69, 9.17) is 11.6 Å². The third kappa shape index (κ3) is 3.38. The van der Waals surface area contributed by atoms with E-state index in [-0.39, 0.29) is 6.04 Å². The van der Waals surface area contributed by atoms with E-state index >= 15 is 0 Å². The number of aryl methyl sites for hydroxylation is 1. The van der Waals surface area contributed by atoms with Gasteiger partial charge in [-0.2, -0.15) is 4.31 Å². The molecule has 6 heteroatoms. The van der Waals surface area contributed by atoms with Gasteiger partial charge in [-0.25, -0.2) is 8.42 Å². The molecule has 2 rings (SSSR count). The standard InChI is InChI=1S/C14H22ClNO2S2/c1-11-5-3-4-6-13(11)16(2)20(17,18)14-8-7-12(19-14)9-10-15/h7-8,11,13H,3-6,9-10H2,1-2H3. The van der Waals surface area contributed by atoms with Crippen molar-refractivity contribution in [1.29, 1.82) is 0 Å². The molecule has 0 amide bonds. The van der Waals surface area contributed by atoms with Gasteiger partial charge in [-0.05, 0) is 37.3 Å². The van der Waals surface area contributed by atoms with Crippen molar-refractivity contribution in [2.24, 2.45) is 5.92 Å². The van der Waals surface area contributed by atoms with E-state index in [1.54, 1.807) is 17.4 Å². The highest BCUT2D eigenvalue weighted by atomic mass is 35.5. The van der Waals surface area contributed by atoms with Gasteiger partial charge in [0.1, 0.15) is 4.21 Å². The Morgan fingerprint density at radius 1 is 1.35 bits per heavy atom. The molecule has 2 unspecified atom stereocenters. The molecule has 1 aliphatic rings. The van der Waals surface area contributed by atoms with Crippen LogP contribution < -0.4 is 0 Å². The van der Waals surface area contributed by atoms with Gasteiger partial charge in [0.25, 0.3) is 10.0 Å². The summed E-state index contributed by atoms with van der Waals surface area (Å²) in [5.74, 6) is 0.959.